The van der Waals surface area contributed by atoms with E-state index in [1.165, 1.54) is 5.56 Å². The van der Waals surface area contributed by atoms with Crippen LogP contribution in [0.2, 0.25) is 0 Å². The largest absolute Gasteiger partial charge is 0.497 e. The van der Waals surface area contributed by atoms with Crippen LogP contribution in [0, 0.1) is 5.41 Å². The summed E-state index contributed by atoms with van der Waals surface area (Å²) in [6.07, 6.45) is 0. The van der Waals surface area contributed by atoms with Crippen LogP contribution in [0.15, 0.2) is 24.3 Å². The molecule has 1 aromatic carbocycles. The van der Waals surface area contributed by atoms with Crippen molar-refractivity contribution in [2.75, 3.05) is 20.7 Å². The zero-order valence-electron chi connectivity index (χ0n) is 12.2. The Morgan fingerprint density at radius 1 is 1.22 bits per heavy atom. The number of hydrogen-bond donors (Lipinski definition) is 1. The van der Waals surface area contributed by atoms with Crippen LogP contribution in [-0.4, -0.2) is 31.6 Å². The highest BCUT2D eigenvalue weighted by Gasteiger charge is 2.26. The maximum absolute atomic E-state index is 5.90. The Labute approximate surface area is 111 Å². The van der Waals surface area contributed by atoms with Gasteiger partial charge in [0.2, 0.25) is 0 Å². The molecule has 0 aliphatic rings. The number of nitrogens with two attached hydrogens (primary N) is 1. The number of nitrogens with zero attached hydrogens (tertiary/aromatic N) is 1. The number of benzene rings is 1. The molecule has 0 spiro atoms. The van der Waals surface area contributed by atoms with E-state index in [9.17, 15) is 0 Å². The van der Waals surface area contributed by atoms with E-state index < -0.39 is 0 Å². The maximum atomic E-state index is 5.90. The van der Waals surface area contributed by atoms with Gasteiger partial charge in [0.1, 0.15) is 5.75 Å². The highest BCUT2D eigenvalue weighted by atomic mass is 16.5. The minimum Gasteiger partial charge on any atom is -0.497 e. The van der Waals surface area contributed by atoms with Crippen LogP contribution >= 0.6 is 0 Å². The molecular formula is C15H26N2O. The highest BCUT2D eigenvalue weighted by Crippen LogP contribution is 2.24. The van der Waals surface area contributed by atoms with E-state index in [4.69, 9.17) is 10.5 Å². The van der Waals surface area contributed by atoms with E-state index in [1.54, 1.807) is 7.11 Å². The van der Waals surface area contributed by atoms with Crippen molar-refractivity contribution in [3.05, 3.63) is 29.8 Å². The first-order valence-electron chi connectivity index (χ1n) is 6.41. The molecule has 102 valence electrons. The van der Waals surface area contributed by atoms with Crippen molar-refractivity contribution in [3.8, 4) is 5.75 Å². The van der Waals surface area contributed by atoms with Gasteiger partial charge in [-0.1, -0.05) is 32.9 Å². The molecule has 0 amide bonds. The van der Waals surface area contributed by atoms with Gasteiger partial charge in [0, 0.05) is 19.1 Å². The van der Waals surface area contributed by atoms with Gasteiger partial charge in [0.15, 0.2) is 0 Å². The van der Waals surface area contributed by atoms with E-state index in [0.717, 1.165) is 12.3 Å². The van der Waals surface area contributed by atoms with E-state index in [-0.39, 0.29) is 5.41 Å². The van der Waals surface area contributed by atoms with Crippen LogP contribution in [0.1, 0.15) is 26.3 Å². The molecule has 1 unspecified atom stereocenters. The zero-order valence-corrected chi connectivity index (χ0v) is 12.2. The summed E-state index contributed by atoms with van der Waals surface area (Å²) in [5, 5.41) is 0. The summed E-state index contributed by atoms with van der Waals surface area (Å²) in [6, 6.07) is 8.58. The van der Waals surface area contributed by atoms with Gasteiger partial charge in [-0.3, -0.25) is 4.90 Å². The first kappa shape index (κ1) is 15.0. The molecule has 0 aliphatic heterocycles. The molecule has 0 saturated carbocycles. The van der Waals surface area contributed by atoms with Gasteiger partial charge in [0.05, 0.1) is 7.11 Å². The Kier molecular flexibility index (Phi) is 5.17. The fourth-order valence-electron chi connectivity index (χ4n) is 2.32. The van der Waals surface area contributed by atoms with Crippen LogP contribution in [0.25, 0.3) is 0 Å². The standard InChI is InChI=1S/C15H26N2O/c1-15(2,3)14(10-16)17(4)11-12-6-8-13(18-5)9-7-12/h6-9,14H,10-11,16H2,1-5H3. The van der Waals surface area contributed by atoms with Gasteiger partial charge in [-0.15, -0.1) is 0 Å². The average Bonchev–Trinajstić information content (AvgIpc) is 2.29. The van der Waals surface area contributed by atoms with E-state index >= 15 is 0 Å². The third-order valence-electron chi connectivity index (χ3n) is 3.35. The van der Waals surface area contributed by atoms with Crippen molar-refractivity contribution < 1.29 is 4.74 Å². The van der Waals surface area contributed by atoms with Gasteiger partial charge in [-0.2, -0.15) is 0 Å². The van der Waals surface area contributed by atoms with Crippen LogP contribution in [0.4, 0.5) is 0 Å². The first-order chi connectivity index (χ1) is 8.38. The number of methoxy groups -OCH3 is 1. The fraction of sp³-hybridized carbons (Fsp3) is 0.600. The molecule has 0 bridgehead atoms. The predicted molar refractivity (Wildman–Crippen MR) is 76.8 cm³/mol. The zero-order chi connectivity index (χ0) is 13.8. The number of ether oxygens (including phenoxy) is 1. The molecule has 0 radical (unpaired) electrons. The summed E-state index contributed by atoms with van der Waals surface area (Å²) in [4.78, 5) is 2.32. The van der Waals surface area contributed by atoms with Crippen molar-refractivity contribution in [1.82, 2.24) is 4.90 Å². The number of rotatable bonds is 5. The van der Waals surface area contributed by atoms with Crippen LogP contribution in [0.5, 0.6) is 5.75 Å². The molecule has 0 fully saturated rings. The fourth-order valence-corrected chi connectivity index (χ4v) is 2.32. The topological polar surface area (TPSA) is 38.5 Å². The van der Waals surface area contributed by atoms with Crippen molar-refractivity contribution in [2.45, 2.75) is 33.4 Å². The Bertz CT molecular complexity index is 354. The lowest BCUT2D eigenvalue weighted by Gasteiger charge is -2.37. The molecular weight excluding hydrogens is 224 g/mol. The van der Waals surface area contributed by atoms with Gasteiger partial charge in [-0.05, 0) is 30.2 Å². The summed E-state index contributed by atoms with van der Waals surface area (Å²) >= 11 is 0. The smallest absolute Gasteiger partial charge is 0.118 e. The van der Waals surface area contributed by atoms with Crippen molar-refractivity contribution in [2.24, 2.45) is 11.1 Å². The number of hydrogen-bond acceptors (Lipinski definition) is 3. The van der Waals surface area contributed by atoms with Crippen molar-refractivity contribution in [1.29, 1.82) is 0 Å². The Morgan fingerprint density at radius 2 is 1.78 bits per heavy atom. The van der Waals surface area contributed by atoms with E-state index in [1.807, 2.05) is 12.1 Å². The quantitative estimate of drug-likeness (QED) is 0.872. The second-order valence-corrected chi connectivity index (χ2v) is 5.88. The lowest BCUT2D eigenvalue weighted by atomic mass is 9.85. The SMILES string of the molecule is COc1ccc(CN(C)C(CN)C(C)(C)C)cc1. The van der Waals surface area contributed by atoms with E-state index in [0.29, 0.717) is 12.6 Å². The Balaban J connectivity index is 2.70. The van der Waals surface area contributed by atoms with Crippen molar-refractivity contribution >= 4 is 0 Å². The first-order valence-corrected chi connectivity index (χ1v) is 6.41. The molecule has 2 N–H and O–H groups in total. The molecule has 3 nitrogen and oxygen atoms in total. The third kappa shape index (κ3) is 4.00. The van der Waals surface area contributed by atoms with Crippen LogP contribution < -0.4 is 10.5 Å². The monoisotopic (exact) mass is 250 g/mol. The number of likely N-dealkylation sites (N-methyl/N-ethyl adjacent to an activating group) is 1. The van der Waals surface area contributed by atoms with E-state index in [2.05, 4.69) is 44.9 Å². The van der Waals surface area contributed by atoms with Crippen LogP contribution in [-0.2, 0) is 6.54 Å². The lowest BCUT2D eigenvalue weighted by Crippen LogP contribution is -2.46. The summed E-state index contributed by atoms with van der Waals surface area (Å²) in [7, 11) is 3.82. The average molecular weight is 250 g/mol. The molecule has 1 aromatic rings. The molecule has 1 rings (SSSR count). The van der Waals surface area contributed by atoms with Gasteiger partial charge in [0.25, 0.3) is 0 Å². The second-order valence-electron chi connectivity index (χ2n) is 5.88. The molecule has 3 heteroatoms. The normalized spacial score (nSPS) is 13.7. The molecule has 0 heterocycles. The minimum absolute atomic E-state index is 0.190. The molecule has 0 aliphatic carbocycles. The summed E-state index contributed by atoms with van der Waals surface area (Å²) in [5.41, 5.74) is 7.37. The second kappa shape index (κ2) is 6.21. The van der Waals surface area contributed by atoms with Crippen LogP contribution in [0.3, 0.4) is 0 Å². The third-order valence-corrected chi connectivity index (χ3v) is 3.35. The maximum Gasteiger partial charge on any atom is 0.118 e. The minimum atomic E-state index is 0.190. The van der Waals surface area contributed by atoms with Crippen molar-refractivity contribution in [3.63, 3.8) is 0 Å². The highest BCUT2D eigenvalue weighted by molar-refractivity contribution is 5.27. The summed E-state index contributed by atoms with van der Waals surface area (Å²) < 4.78 is 5.16. The predicted octanol–water partition coefficient (Wildman–Crippen LogP) is 2.50. The molecule has 0 aromatic heterocycles. The molecule has 1 atom stereocenters. The summed E-state index contributed by atoms with van der Waals surface area (Å²) in [5.74, 6) is 0.896. The van der Waals surface area contributed by atoms with Gasteiger partial charge < -0.3 is 10.5 Å². The van der Waals surface area contributed by atoms with Gasteiger partial charge in [-0.25, -0.2) is 0 Å². The van der Waals surface area contributed by atoms with Gasteiger partial charge >= 0.3 is 0 Å². The summed E-state index contributed by atoms with van der Waals surface area (Å²) in [6.45, 7) is 8.28. The lowest BCUT2D eigenvalue weighted by molar-refractivity contribution is 0.125. The Hall–Kier alpha value is -1.06. The molecule has 0 saturated heterocycles. The molecule has 18 heavy (non-hydrogen) atoms. The Morgan fingerprint density at radius 3 is 2.17 bits per heavy atom.